The molecule has 0 aliphatic rings. The number of phosphoric acid groups is 1. The van der Waals surface area contributed by atoms with Crippen LogP contribution in [-0.4, -0.2) is 70.0 Å². The molecule has 0 aromatic carbocycles. The van der Waals surface area contributed by atoms with Gasteiger partial charge in [-0.2, -0.15) is 0 Å². The zero-order valence-electron chi connectivity index (χ0n) is 55.8. The number of phosphoric ester groups is 1. The van der Waals surface area contributed by atoms with E-state index < -0.39 is 26.5 Å². The Bertz CT molecular complexity index is 1800. The fourth-order valence-corrected chi connectivity index (χ4v) is 10.4. The van der Waals surface area contributed by atoms with E-state index in [9.17, 15) is 19.0 Å². The summed E-state index contributed by atoms with van der Waals surface area (Å²) >= 11 is 0. The summed E-state index contributed by atoms with van der Waals surface area (Å²) in [6.45, 7) is 4.12. The minimum absolute atomic E-state index is 0.0419. The lowest BCUT2D eigenvalue weighted by molar-refractivity contribution is -0.870. The van der Waals surface area contributed by atoms with Gasteiger partial charge in [0.2, 0.25) is 0 Å². The number of unbranched alkanes of at least 4 members (excludes halogenated alkanes) is 32. The normalized spacial score (nSPS) is 13.8. The summed E-state index contributed by atoms with van der Waals surface area (Å²) in [4.78, 5) is 38.0. The Kier molecular flexibility index (Phi) is 62.6. The van der Waals surface area contributed by atoms with Crippen molar-refractivity contribution in [2.75, 3.05) is 47.5 Å². The maximum Gasteiger partial charge on any atom is 0.306 e. The van der Waals surface area contributed by atoms with Gasteiger partial charge < -0.3 is 27.9 Å². The largest absolute Gasteiger partial charge is 0.756 e. The number of likely N-dealkylation sites (N-methyl/N-ethyl adjacent to an activating group) is 1. The molecule has 0 radical (unpaired) electrons. The number of carbonyl (C=O) groups is 2. The van der Waals surface area contributed by atoms with E-state index in [2.05, 4.69) is 123 Å². The van der Waals surface area contributed by atoms with Crippen LogP contribution in [0.15, 0.2) is 109 Å². The first-order valence-corrected chi connectivity index (χ1v) is 36.6. The summed E-state index contributed by atoms with van der Waals surface area (Å²) in [6.07, 6.45) is 91.8. The number of carbonyl (C=O) groups excluding carboxylic acids is 2. The number of nitrogens with zero attached hydrogens (tertiary/aromatic N) is 1. The summed E-state index contributed by atoms with van der Waals surface area (Å²) in [5, 5.41) is 0. The van der Waals surface area contributed by atoms with Crippen molar-refractivity contribution >= 4 is 19.8 Å². The summed E-state index contributed by atoms with van der Waals surface area (Å²) in [7, 11) is 1.14. The Labute approximate surface area is 525 Å². The molecule has 85 heavy (non-hydrogen) atoms. The third-order valence-corrected chi connectivity index (χ3v) is 16.0. The van der Waals surface area contributed by atoms with Gasteiger partial charge in [-0.3, -0.25) is 14.2 Å². The first kappa shape index (κ1) is 81.7. The Morgan fingerprint density at radius 3 is 1.00 bits per heavy atom. The zero-order chi connectivity index (χ0) is 61.9. The van der Waals surface area contributed by atoms with Gasteiger partial charge in [0, 0.05) is 12.8 Å². The third kappa shape index (κ3) is 69.6. The van der Waals surface area contributed by atoms with E-state index in [0.717, 1.165) is 96.3 Å². The number of allylic oxidation sites excluding steroid dienone is 18. The van der Waals surface area contributed by atoms with E-state index in [1.54, 1.807) is 0 Å². The number of quaternary nitrogens is 1. The minimum Gasteiger partial charge on any atom is -0.756 e. The van der Waals surface area contributed by atoms with Gasteiger partial charge in [-0.25, -0.2) is 0 Å². The summed E-state index contributed by atoms with van der Waals surface area (Å²) in [5.74, 6) is -0.867. The monoisotopic (exact) mass is 1210 g/mol. The average molecular weight is 1210 g/mol. The molecule has 2 atom stereocenters. The Balaban J connectivity index is 4.13. The van der Waals surface area contributed by atoms with Crippen LogP contribution in [0.3, 0.4) is 0 Å². The molecule has 0 aromatic heterocycles. The molecule has 0 aliphatic heterocycles. The van der Waals surface area contributed by atoms with Crippen molar-refractivity contribution < 1.29 is 42.1 Å². The van der Waals surface area contributed by atoms with Gasteiger partial charge in [-0.05, 0) is 83.5 Å². The molecular formula is C75H132NO8P. The fourth-order valence-electron chi connectivity index (χ4n) is 9.71. The molecule has 0 aromatic rings. The van der Waals surface area contributed by atoms with Crippen LogP contribution in [0.4, 0.5) is 0 Å². The minimum atomic E-state index is -4.66. The molecule has 0 fully saturated rings. The second-order valence-corrected chi connectivity index (χ2v) is 25.9. The second kappa shape index (κ2) is 65.1. The van der Waals surface area contributed by atoms with Gasteiger partial charge in [0.15, 0.2) is 6.10 Å². The van der Waals surface area contributed by atoms with Crippen LogP contribution >= 0.6 is 7.82 Å². The van der Waals surface area contributed by atoms with Crippen LogP contribution in [0.1, 0.15) is 303 Å². The highest BCUT2D eigenvalue weighted by Gasteiger charge is 2.22. The second-order valence-electron chi connectivity index (χ2n) is 24.5. The zero-order valence-corrected chi connectivity index (χ0v) is 56.7. The Morgan fingerprint density at radius 2 is 0.671 bits per heavy atom. The van der Waals surface area contributed by atoms with E-state index >= 15 is 0 Å². The SMILES string of the molecule is CC/C=C\C/C=C\C/C=C\C/C=C\C/C=C\C/C=C\C/C=C\C/C=C\C/C=C\CCCCCC(=O)OC(COC(=O)CCCCCCCCCCCCCCCCCCCCCCCCCCCCCCCC)COP(=O)([O-])OCC[N+](C)(C)C. The van der Waals surface area contributed by atoms with E-state index in [0.29, 0.717) is 17.4 Å². The van der Waals surface area contributed by atoms with Crippen LogP contribution in [0.25, 0.3) is 0 Å². The highest BCUT2D eigenvalue weighted by molar-refractivity contribution is 7.45. The summed E-state index contributed by atoms with van der Waals surface area (Å²) in [5.41, 5.74) is 0. The van der Waals surface area contributed by atoms with Gasteiger partial charge in [-0.15, -0.1) is 0 Å². The molecule has 9 nitrogen and oxygen atoms in total. The van der Waals surface area contributed by atoms with Crippen LogP contribution in [0.5, 0.6) is 0 Å². The molecule has 0 spiro atoms. The number of hydrogen-bond donors (Lipinski definition) is 0. The molecular weight excluding hydrogens is 1070 g/mol. The van der Waals surface area contributed by atoms with Crippen LogP contribution in [0, 0.1) is 0 Å². The standard InChI is InChI=1S/C75H132NO8P/c1-6-8-10-12-14-16-18-20-22-24-26-28-30-32-34-36-38-40-42-44-46-48-50-52-54-56-58-60-62-64-66-68-75(78)84-73(72-83-85(79,80)82-70-69-76(3,4)5)71-81-74(77)67-65-63-61-59-57-55-53-51-49-47-45-43-41-39-37-35-33-31-29-27-25-23-21-19-17-15-13-11-9-7-2/h8,10,14,16,20,22,26,28,32,34,38,40,44,46,50,52,56,58,73H,6-7,9,11-13,15,17-19,21,23-25,27,29-31,33,35-37,39,41-43,45,47-49,51,53-55,57,59-72H2,1-5H3/b10-8-,16-14-,22-20-,28-26-,34-32-,40-38-,46-44-,52-50-,58-56-. The quantitative estimate of drug-likeness (QED) is 0.0195. The first-order chi connectivity index (χ1) is 41.5. The van der Waals surface area contributed by atoms with Gasteiger partial charge in [0.25, 0.3) is 7.82 Å². The van der Waals surface area contributed by atoms with Crippen molar-refractivity contribution in [2.45, 2.75) is 309 Å². The Hall–Kier alpha value is -3.33. The number of hydrogen-bond acceptors (Lipinski definition) is 8. The predicted molar refractivity (Wildman–Crippen MR) is 365 cm³/mol. The van der Waals surface area contributed by atoms with E-state index in [4.69, 9.17) is 18.5 Å². The number of rotatable bonds is 64. The Morgan fingerprint density at radius 1 is 0.376 bits per heavy atom. The van der Waals surface area contributed by atoms with Crippen LogP contribution in [0.2, 0.25) is 0 Å². The highest BCUT2D eigenvalue weighted by atomic mass is 31.2. The van der Waals surface area contributed by atoms with Gasteiger partial charge >= 0.3 is 11.9 Å². The summed E-state index contributed by atoms with van der Waals surface area (Å²) in [6, 6.07) is 0. The molecule has 0 heterocycles. The fraction of sp³-hybridized carbons (Fsp3) is 0.733. The maximum absolute atomic E-state index is 12.8. The molecule has 10 heteroatoms. The number of esters is 2. The average Bonchev–Trinajstić information content (AvgIpc) is 3.50. The van der Waals surface area contributed by atoms with Gasteiger partial charge in [0.05, 0.1) is 27.7 Å². The molecule has 0 N–H and O–H groups in total. The van der Waals surface area contributed by atoms with E-state index in [1.807, 2.05) is 21.1 Å². The van der Waals surface area contributed by atoms with Crippen LogP contribution < -0.4 is 4.89 Å². The first-order valence-electron chi connectivity index (χ1n) is 35.1. The van der Waals surface area contributed by atoms with Crippen molar-refractivity contribution in [3.8, 4) is 0 Å². The van der Waals surface area contributed by atoms with E-state index in [-0.39, 0.29) is 32.0 Å². The maximum atomic E-state index is 12.8. The molecule has 0 aliphatic carbocycles. The van der Waals surface area contributed by atoms with Gasteiger partial charge in [-0.1, -0.05) is 316 Å². The molecule has 0 bridgehead atoms. The lowest BCUT2D eigenvalue weighted by Crippen LogP contribution is -2.37. The lowest BCUT2D eigenvalue weighted by atomic mass is 10.0. The lowest BCUT2D eigenvalue weighted by Gasteiger charge is -2.28. The van der Waals surface area contributed by atoms with Crippen molar-refractivity contribution in [3.63, 3.8) is 0 Å². The van der Waals surface area contributed by atoms with Crippen molar-refractivity contribution in [1.82, 2.24) is 0 Å². The molecule has 0 saturated carbocycles. The molecule has 0 rings (SSSR count). The summed E-state index contributed by atoms with van der Waals surface area (Å²) < 4.78 is 34.3. The molecule has 0 saturated heterocycles. The third-order valence-electron chi connectivity index (χ3n) is 15.1. The highest BCUT2D eigenvalue weighted by Crippen LogP contribution is 2.38. The molecule has 2 unspecified atom stereocenters. The van der Waals surface area contributed by atoms with E-state index in [1.165, 1.54) is 173 Å². The smallest absolute Gasteiger partial charge is 0.306 e. The van der Waals surface area contributed by atoms with Crippen molar-refractivity contribution in [1.29, 1.82) is 0 Å². The molecule has 0 amide bonds. The van der Waals surface area contributed by atoms with Crippen LogP contribution in [-0.2, 0) is 32.7 Å². The molecule has 490 valence electrons. The predicted octanol–water partition coefficient (Wildman–Crippen LogP) is 22.2. The van der Waals surface area contributed by atoms with Gasteiger partial charge in [0.1, 0.15) is 19.8 Å². The topological polar surface area (TPSA) is 111 Å². The van der Waals surface area contributed by atoms with Crippen molar-refractivity contribution in [2.24, 2.45) is 0 Å². The van der Waals surface area contributed by atoms with Crippen molar-refractivity contribution in [3.05, 3.63) is 109 Å². The number of ether oxygens (including phenoxy) is 2.